The number of benzene rings is 1. The van der Waals surface area contributed by atoms with Crippen LogP contribution in [0.5, 0.6) is 0 Å². The largest absolute Gasteiger partial charge is 0.294 e. The molecule has 2 aromatic rings. The molecule has 19 heavy (non-hydrogen) atoms. The molecule has 1 heterocycles. The zero-order valence-electron chi connectivity index (χ0n) is 10.9. The molecule has 0 aliphatic carbocycles. The van der Waals surface area contributed by atoms with Crippen molar-refractivity contribution in [3.8, 4) is 0 Å². The molecule has 0 amide bonds. The van der Waals surface area contributed by atoms with E-state index in [4.69, 9.17) is 0 Å². The topological polar surface area (TPSA) is 42.9 Å². The summed E-state index contributed by atoms with van der Waals surface area (Å²) in [5, 5.41) is 0.550. The van der Waals surface area contributed by atoms with Crippen molar-refractivity contribution in [1.82, 2.24) is 9.97 Å². The third-order valence-electron chi connectivity index (χ3n) is 2.61. The Hall–Kier alpha value is -1.75. The van der Waals surface area contributed by atoms with E-state index in [0.29, 0.717) is 21.2 Å². The predicted octanol–water partition coefficient (Wildman–Crippen LogP) is 3.59. The van der Waals surface area contributed by atoms with E-state index in [1.807, 2.05) is 6.92 Å². The quantitative estimate of drug-likeness (QED) is 0.634. The second-order valence-electron chi connectivity index (χ2n) is 4.24. The molecule has 3 nitrogen and oxygen atoms in total. The zero-order valence-corrected chi connectivity index (χ0v) is 11.7. The molecular weight excluding hydrogens is 263 g/mol. The minimum atomic E-state index is -0.375. The first-order chi connectivity index (χ1) is 8.97. The van der Waals surface area contributed by atoms with E-state index in [2.05, 4.69) is 9.97 Å². The van der Waals surface area contributed by atoms with Gasteiger partial charge in [0.2, 0.25) is 0 Å². The summed E-state index contributed by atoms with van der Waals surface area (Å²) in [6.45, 7) is 4.96. The van der Waals surface area contributed by atoms with Gasteiger partial charge in [0.15, 0.2) is 10.9 Å². The number of hydrogen-bond donors (Lipinski definition) is 0. The molecule has 0 fully saturated rings. The van der Waals surface area contributed by atoms with Gasteiger partial charge in [-0.2, -0.15) is 0 Å². The molecule has 0 saturated heterocycles. The first-order valence-corrected chi connectivity index (χ1v) is 6.57. The molecule has 0 bridgehead atoms. The molecule has 5 heteroatoms. The van der Waals surface area contributed by atoms with Crippen LogP contribution in [0, 0.1) is 19.7 Å². The second-order valence-corrected chi connectivity index (χ2v) is 5.25. The number of aryl methyl sites for hydroxylation is 2. The molecule has 98 valence electrons. The summed E-state index contributed by atoms with van der Waals surface area (Å²) in [6, 6.07) is 4.73. The number of Topliss-reactive ketones (excluding diaryl/α,β-unsaturated/α-hetero) is 1. The Kier molecular flexibility index (Phi) is 3.95. The Balaban J connectivity index is 2.44. The van der Waals surface area contributed by atoms with Gasteiger partial charge in [-0.3, -0.25) is 4.79 Å². The fraction of sp³-hybridized carbons (Fsp3) is 0.214. The Morgan fingerprint density at radius 2 is 2.05 bits per heavy atom. The normalized spacial score (nSPS) is 10.5. The van der Waals surface area contributed by atoms with Gasteiger partial charge in [-0.25, -0.2) is 14.4 Å². The van der Waals surface area contributed by atoms with Crippen LogP contribution in [0.25, 0.3) is 0 Å². The van der Waals surface area contributed by atoms with E-state index in [-0.39, 0.29) is 11.6 Å². The van der Waals surface area contributed by atoms with Crippen molar-refractivity contribution in [3.05, 3.63) is 47.0 Å². The van der Waals surface area contributed by atoms with Gasteiger partial charge in [-0.15, -0.1) is 0 Å². The fourth-order valence-corrected chi connectivity index (χ4v) is 2.64. The minimum absolute atomic E-state index is 0.172. The number of carbonyl (C=O) groups excluding carboxylic acids is 1. The van der Waals surface area contributed by atoms with Crippen LogP contribution >= 0.6 is 11.8 Å². The van der Waals surface area contributed by atoms with Crippen LogP contribution in [-0.2, 0) is 0 Å². The molecule has 0 spiro atoms. The fourth-order valence-electron chi connectivity index (χ4n) is 1.59. The monoisotopic (exact) mass is 276 g/mol. The van der Waals surface area contributed by atoms with E-state index in [1.165, 1.54) is 24.8 Å². The number of ketones is 1. The SMILES string of the molecule is CC(=O)c1cc(F)c(C)cc1Sc1nccc(C)n1. The first kappa shape index (κ1) is 13.7. The molecule has 0 aliphatic rings. The lowest BCUT2D eigenvalue weighted by atomic mass is 10.1. The lowest BCUT2D eigenvalue weighted by Crippen LogP contribution is -1.99. The molecule has 1 aromatic carbocycles. The number of rotatable bonds is 3. The van der Waals surface area contributed by atoms with Crippen molar-refractivity contribution < 1.29 is 9.18 Å². The summed E-state index contributed by atoms with van der Waals surface area (Å²) >= 11 is 1.27. The van der Waals surface area contributed by atoms with Gasteiger partial charge in [0.05, 0.1) is 0 Å². The smallest absolute Gasteiger partial charge is 0.192 e. The Morgan fingerprint density at radius 3 is 2.68 bits per heavy atom. The summed E-state index contributed by atoms with van der Waals surface area (Å²) in [7, 11) is 0. The minimum Gasteiger partial charge on any atom is -0.294 e. The van der Waals surface area contributed by atoms with Crippen LogP contribution in [0.1, 0.15) is 28.5 Å². The summed E-state index contributed by atoms with van der Waals surface area (Å²) < 4.78 is 13.5. The summed E-state index contributed by atoms with van der Waals surface area (Å²) in [6.07, 6.45) is 1.66. The van der Waals surface area contributed by atoms with Crippen molar-refractivity contribution in [2.24, 2.45) is 0 Å². The maximum absolute atomic E-state index is 13.5. The third kappa shape index (κ3) is 3.17. The second kappa shape index (κ2) is 5.48. The van der Waals surface area contributed by atoms with Crippen LogP contribution in [-0.4, -0.2) is 15.8 Å². The van der Waals surface area contributed by atoms with Crippen molar-refractivity contribution in [2.75, 3.05) is 0 Å². The number of halogens is 1. The Morgan fingerprint density at radius 1 is 1.32 bits per heavy atom. The molecule has 2 rings (SSSR count). The molecule has 0 aliphatic heterocycles. The van der Waals surface area contributed by atoms with Crippen molar-refractivity contribution in [1.29, 1.82) is 0 Å². The highest BCUT2D eigenvalue weighted by Crippen LogP contribution is 2.30. The van der Waals surface area contributed by atoms with Crippen molar-refractivity contribution in [3.63, 3.8) is 0 Å². The molecular formula is C14H13FN2OS. The number of nitrogens with zero attached hydrogens (tertiary/aromatic N) is 2. The molecule has 0 N–H and O–H groups in total. The highest BCUT2D eigenvalue weighted by molar-refractivity contribution is 7.99. The molecule has 0 saturated carbocycles. The van der Waals surface area contributed by atoms with Crippen LogP contribution in [0.3, 0.4) is 0 Å². The van der Waals surface area contributed by atoms with Crippen molar-refractivity contribution in [2.45, 2.75) is 30.8 Å². The van der Waals surface area contributed by atoms with Crippen LogP contribution < -0.4 is 0 Å². The van der Waals surface area contributed by atoms with Crippen LogP contribution in [0.4, 0.5) is 4.39 Å². The van der Waals surface area contributed by atoms with E-state index >= 15 is 0 Å². The molecule has 0 unspecified atom stereocenters. The van der Waals surface area contributed by atoms with Gasteiger partial charge in [0.25, 0.3) is 0 Å². The molecule has 0 radical (unpaired) electrons. The van der Waals surface area contributed by atoms with E-state index < -0.39 is 0 Å². The predicted molar refractivity (Wildman–Crippen MR) is 72.0 cm³/mol. The van der Waals surface area contributed by atoms with Crippen LogP contribution in [0.2, 0.25) is 0 Å². The lowest BCUT2D eigenvalue weighted by molar-refractivity contribution is 0.101. The Bertz CT molecular complexity index is 643. The highest BCUT2D eigenvalue weighted by Gasteiger charge is 2.13. The average molecular weight is 276 g/mol. The number of hydrogen-bond acceptors (Lipinski definition) is 4. The van der Waals surface area contributed by atoms with Crippen molar-refractivity contribution >= 4 is 17.5 Å². The number of aromatic nitrogens is 2. The van der Waals surface area contributed by atoms with Gasteiger partial charge < -0.3 is 0 Å². The molecule has 1 aromatic heterocycles. The Labute approximate surface area is 115 Å². The maximum Gasteiger partial charge on any atom is 0.192 e. The summed E-state index contributed by atoms with van der Waals surface area (Å²) in [5.41, 5.74) is 1.71. The number of carbonyl (C=O) groups is 1. The van der Waals surface area contributed by atoms with E-state index in [1.54, 1.807) is 25.3 Å². The van der Waals surface area contributed by atoms with Gasteiger partial charge >= 0.3 is 0 Å². The highest BCUT2D eigenvalue weighted by atomic mass is 32.2. The van der Waals surface area contributed by atoms with Gasteiger partial charge in [-0.05, 0) is 56.3 Å². The van der Waals surface area contributed by atoms with E-state index in [0.717, 1.165) is 5.69 Å². The van der Waals surface area contributed by atoms with E-state index in [9.17, 15) is 9.18 Å². The summed E-state index contributed by atoms with van der Waals surface area (Å²) in [4.78, 5) is 20.6. The van der Waals surface area contributed by atoms with Gasteiger partial charge in [-0.1, -0.05) is 0 Å². The maximum atomic E-state index is 13.5. The van der Waals surface area contributed by atoms with Gasteiger partial charge in [0.1, 0.15) is 5.82 Å². The van der Waals surface area contributed by atoms with Gasteiger partial charge in [0, 0.05) is 22.3 Å². The average Bonchev–Trinajstić information content (AvgIpc) is 2.33. The molecule has 0 atom stereocenters. The lowest BCUT2D eigenvalue weighted by Gasteiger charge is -2.08. The first-order valence-electron chi connectivity index (χ1n) is 5.76. The summed E-state index contributed by atoms with van der Waals surface area (Å²) in [5.74, 6) is -0.547. The standard InChI is InChI=1S/C14H13FN2OS/c1-8-6-13(11(10(3)18)7-12(8)15)19-14-16-5-4-9(2)17-14/h4-7H,1-3H3. The third-order valence-corrected chi connectivity index (χ3v) is 3.55. The zero-order chi connectivity index (χ0) is 14.0. The van der Waals surface area contributed by atoms with Crippen LogP contribution in [0.15, 0.2) is 34.4 Å².